The second-order valence-electron chi connectivity index (χ2n) is 3.34. The van der Waals surface area contributed by atoms with Crippen molar-refractivity contribution in [1.29, 1.82) is 0 Å². The smallest absolute Gasteiger partial charge is 0.138 e. The van der Waals surface area contributed by atoms with E-state index in [0.717, 1.165) is 24.5 Å². The Morgan fingerprint density at radius 2 is 2.33 bits per heavy atom. The highest BCUT2D eigenvalue weighted by atomic mass is 32.2. The number of nitrogens with one attached hydrogen (secondary N) is 1. The summed E-state index contributed by atoms with van der Waals surface area (Å²) < 4.78 is 1.96. The van der Waals surface area contributed by atoms with E-state index in [-0.39, 0.29) is 0 Å². The zero-order valence-electron chi connectivity index (χ0n) is 9.73. The monoisotopic (exact) mass is 228 g/mol. The van der Waals surface area contributed by atoms with Gasteiger partial charge in [-0.25, -0.2) is 4.98 Å². The normalized spacial score (nSPS) is 13.0. The molecule has 5 heteroatoms. The maximum atomic E-state index is 4.29. The van der Waals surface area contributed by atoms with Gasteiger partial charge in [-0.3, -0.25) is 4.68 Å². The number of hydrogen-bond donors (Lipinski definition) is 1. The number of hydrogen-bond acceptors (Lipinski definition) is 4. The van der Waals surface area contributed by atoms with Gasteiger partial charge in [-0.2, -0.15) is 16.9 Å². The zero-order chi connectivity index (χ0) is 11.1. The van der Waals surface area contributed by atoms with Crippen LogP contribution >= 0.6 is 11.8 Å². The molecule has 1 atom stereocenters. The predicted octanol–water partition coefficient (Wildman–Crippen LogP) is 1.18. The lowest BCUT2D eigenvalue weighted by molar-refractivity contribution is 0.549. The summed E-state index contributed by atoms with van der Waals surface area (Å²) in [5.74, 6) is 3.37. The van der Waals surface area contributed by atoms with Crippen LogP contribution in [0.1, 0.15) is 19.7 Å². The first-order valence-electron chi connectivity index (χ1n) is 5.43. The minimum Gasteiger partial charge on any atom is -0.316 e. The Morgan fingerprint density at radius 3 is 2.93 bits per heavy atom. The molecule has 0 fully saturated rings. The standard InChI is InChI=1S/C10H20N4S/c1-4-14-10(12-8-13-14)6-9(11-3)7-15-5-2/h8-9,11H,4-7H2,1-3H3. The van der Waals surface area contributed by atoms with Crippen LogP contribution in [-0.2, 0) is 13.0 Å². The number of aromatic nitrogens is 3. The molecule has 0 aromatic carbocycles. The van der Waals surface area contributed by atoms with Crippen LogP contribution in [0.2, 0.25) is 0 Å². The molecule has 4 nitrogen and oxygen atoms in total. The van der Waals surface area contributed by atoms with Gasteiger partial charge in [0.1, 0.15) is 12.2 Å². The van der Waals surface area contributed by atoms with Crippen molar-refractivity contribution in [3.63, 3.8) is 0 Å². The van der Waals surface area contributed by atoms with E-state index in [1.54, 1.807) is 6.33 Å². The van der Waals surface area contributed by atoms with Crippen LogP contribution in [0, 0.1) is 0 Å². The Labute approximate surface area is 95.9 Å². The Bertz CT molecular complexity index is 274. The van der Waals surface area contributed by atoms with E-state index in [0.29, 0.717) is 6.04 Å². The van der Waals surface area contributed by atoms with Gasteiger partial charge < -0.3 is 5.32 Å². The number of thioether (sulfide) groups is 1. The Morgan fingerprint density at radius 1 is 1.53 bits per heavy atom. The van der Waals surface area contributed by atoms with Crippen LogP contribution in [0.15, 0.2) is 6.33 Å². The van der Waals surface area contributed by atoms with E-state index in [1.165, 1.54) is 5.75 Å². The molecule has 0 aliphatic carbocycles. The van der Waals surface area contributed by atoms with E-state index in [4.69, 9.17) is 0 Å². The molecule has 0 saturated heterocycles. The van der Waals surface area contributed by atoms with Gasteiger partial charge in [-0.05, 0) is 19.7 Å². The summed E-state index contributed by atoms with van der Waals surface area (Å²) in [4.78, 5) is 4.29. The van der Waals surface area contributed by atoms with Crippen LogP contribution in [0.25, 0.3) is 0 Å². The highest BCUT2D eigenvalue weighted by Crippen LogP contribution is 2.06. The lowest BCUT2D eigenvalue weighted by atomic mass is 10.2. The molecular weight excluding hydrogens is 208 g/mol. The van der Waals surface area contributed by atoms with Crippen molar-refractivity contribution < 1.29 is 0 Å². The maximum Gasteiger partial charge on any atom is 0.138 e. The SMILES string of the molecule is CCSCC(Cc1ncnn1CC)NC. The second kappa shape index (κ2) is 6.85. The minimum absolute atomic E-state index is 0.490. The average Bonchev–Trinajstić information content (AvgIpc) is 2.71. The maximum absolute atomic E-state index is 4.29. The lowest BCUT2D eigenvalue weighted by Crippen LogP contribution is -2.31. The molecule has 86 valence electrons. The molecule has 1 rings (SSSR count). The quantitative estimate of drug-likeness (QED) is 0.761. The predicted molar refractivity (Wildman–Crippen MR) is 65.2 cm³/mol. The Balaban J connectivity index is 2.50. The van der Waals surface area contributed by atoms with Crippen molar-refractivity contribution in [2.75, 3.05) is 18.6 Å². The molecular formula is C10H20N4S. The molecule has 15 heavy (non-hydrogen) atoms. The molecule has 1 aromatic rings. The van der Waals surface area contributed by atoms with Gasteiger partial charge in [-0.1, -0.05) is 6.92 Å². The van der Waals surface area contributed by atoms with Gasteiger partial charge in [0.25, 0.3) is 0 Å². The second-order valence-corrected chi connectivity index (χ2v) is 4.66. The molecule has 0 amide bonds. The van der Waals surface area contributed by atoms with Gasteiger partial charge >= 0.3 is 0 Å². The fraction of sp³-hybridized carbons (Fsp3) is 0.800. The average molecular weight is 228 g/mol. The first-order chi connectivity index (χ1) is 7.31. The van der Waals surface area contributed by atoms with Crippen LogP contribution in [0.5, 0.6) is 0 Å². The Kier molecular flexibility index (Phi) is 5.71. The van der Waals surface area contributed by atoms with Crippen molar-refractivity contribution in [2.45, 2.75) is 32.9 Å². The van der Waals surface area contributed by atoms with Gasteiger partial charge in [0.05, 0.1) is 0 Å². The van der Waals surface area contributed by atoms with E-state index < -0.39 is 0 Å². The van der Waals surface area contributed by atoms with Gasteiger partial charge in [-0.15, -0.1) is 0 Å². The molecule has 0 bridgehead atoms. The fourth-order valence-electron chi connectivity index (χ4n) is 1.44. The molecule has 0 aliphatic rings. The number of aryl methyl sites for hydroxylation is 1. The van der Waals surface area contributed by atoms with E-state index in [9.17, 15) is 0 Å². The van der Waals surface area contributed by atoms with Gasteiger partial charge in [0.2, 0.25) is 0 Å². The molecule has 1 aromatic heterocycles. The summed E-state index contributed by atoms with van der Waals surface area (Å²) in [6, 6.07) is 0.490. The lowest BCUT2D eigenvalue weighted by Gasteiger charge is -2.14. The first-order valence-corrected chi connectivity index (χ1v) is 6.58. The van der Waals surface area contributed by atoms with Crippen molar-refractivity contribution in [3.05, 3.63) is 12.2 Å². The summed E-state index contributed by atoms with van der Waals surface area (Å²) in [6.45, 7) is 5.17. The highest BCUT2D eigenvalue weighted by Gasteiger charge is 2.11. The fourth-order valence-corrected chi connectivity index (χ4v) is 2.24. The van der Waals surface area contributed by atoms with Crippen molar-refractivity contribution in [1.82, 2.24) is 20.1 Å². The van der Waals surface area contributed by atoms with Crippen LogP contribution in [0.3, 0.4) is 0 Å². The van der Waals surface area contributed by atoms with E-state index >= 15 is 0 Å². The van der Waals surface area contributed by atoms with Crippen molar-refractivity contribution in [3.8, 4) is 0 Å². The largest absolute Gasteiger partial charge is 0.316 e. The van der Waals surface area contributed by atoms with E-state index in [2.05, 4.69) is 29.2 Å². The van der Waals surface area contributed by atoms with Crippen molar-refractivity contribution in [2.24, 2.45) is 0 Å². The third-order valence-electron chi connectivity index (χ3n) is 2.36. The summed E-state index contributed by atoms with van der Waals surface area (Å²) in [6.07, 6.45) is 2.59. The van der Waals surface area contributed by atoms with Gasteiger partial charge in [0.15, 0.2) is 0 Å². The first kappa shape index (κ1) is 12.5. The van der Waals surface area contributed by atoms with Crippen molar-refractivity contribution >= 4 is 11.8 Å². The number of likely N-dealkylation sites (N-methyl/N-ethyl adjacent to an activating group) is 1. The molecule has 0 spiro atoms. The topological polar surface area (TPSA) is 42.7 Å². The highest BCUT2D eigenvalue weighted by molar-refractivity contribution is 7.99. The summed E-state index contributed by atoms with van der Waals surface area (Å²) in [7, 11) is 2.01. The number of nitrogens with zero attached hydrogens (tertiary/aromatic N) is 3. The summed E-state index contributed by atoms with van der Waals surface area (Å²) >= 11 is 1.96. The molecule has 1 unspecified atom stereocenters. The molecule has 0 radical (unpaired) electrons. The molecule has 0 saturated carbocycles. The Hall–Kier alpha value is -0.550. The summed E-state index contributed by atoms with van der Waals surface area (Å²) in [5, 5.41) is 7.50. The van der Waals surface area contributed by atoms with Crippen LogP contribution in [0.4, 0.5) is 0 Å². The molecule has 0 aliphatic heterocycles. The van der Waals surface area contributed by atoms with Crippen LogP contribution in [-0.4, -0.2) is 39.4 Å². The van der Waals surface area contributed by atoms with Gasteiger partial charge in [0, 0.05) is 24.8 Å². The third-order valence-corrected chi connectivity index (χ3v) is 3.40. The van der Waals surface area contributed by atoms with E-state index in [1.807, 2.05) is 23.5 Å². The third kappa shape index (κ3) is 3.83. The summed E-state index contributed by atoms with van der Waals surface area (Å²) in [5.41, 5.74) is 0. The molecule has 1 N–H and O–H groups in total. The number of rotatable bonds is 7. The zero-order valence-corrected chi connectivity index (χ0v) is 10.5. The van der Waals surface area contributed by atoms with Crippen LogP contribution < -0.4 is 5.32 Å². The minimum atomic E-state index is 0.490. The molecule has 1 heterocycles.